The number of carbonyl (C=O) groups excluding carboxylic acids is 1. The largest absolute Gasteiger partial charge is 0.497 e. The number of rotatable bonds is 3. The van der Waals surface area contributed by atoms with Gasteiger partial charge in [0.2, 0.25) is 5.91 Å². The minimum Gasteiger partial charge on any atom is -0.497 e. The van der Waals surface area contributed by atoms with Gasteiger partial charge >= 0.3 is 0 Å². The van der Waals surface area contributed by atoms with Crippen LogP contribution in [0.25, 0.3) is 0 Å². The van der Waals surface area contributed by atoms with Gasteiger partial charge in [-0.2, -0.15) is 0 Å². The van der Waals surface area contributed by atoms with Gasteiger partial charge in [-0.25, -0.2) is 0 Å². The molecule has 94 valence electrons. The molecule has 1 saturated carbocycles. The predicted molar refractivity (Wildman–Crippen MR) is 70.2 cm³/mol. The molecule has 1 aliphatic rings. The van der Waals surface area contributed by atoms with Crippen molar-refractivity contribution in [2.45, 2.75) is 19.3 Å². The summed E-state index contributed by atoms with van der Waals surface area (Å²) in [7, 11) is 1.64. The van der Waals surface area contributed by atoms with E-state index < -0.39 is 0 Å². The van der Waals surface area contributed by atoms with Crippen molar-refractivity contribution in [3.05, 3.63) is 29.8 Å². The fourth-order valence-electron chi connectivity index (χ4n) is 1.77. The second kappa shape index (κ2) is 6.11. The second-order valence-corrected chi connectivity index (χ2v) is 4.38. The summed E-state index contributed by atoms with van der Waals surface area (Å²) in [4.78, 5) is 11.5. The van der Waals surface area contributed by atoms with Crippen LogP contribution in [0.5, 0.6) is 5.75 Å². The Hall–Kier alpha value is -1.95. The molecule has 1 aromatic rings. The van der Waals surface area contributed by atoms with Gasteiger partial charge in [-0.3, -0.25) is 4.79 Å². The number of methoxy groups -OCH3 is 1. The topological polar surface area (TPSA) is 38.3 Å². The minimum atomic E-state index is 0.144. The summed E-state index contributed by atoms with van der Waals surface area (Å²) in [5.74, 6) is 7.15. The molecule has 18 heavy (non-hydrogen) atoms. The van der Waals surface area contributed by atoms with Crippen molar-refractivity contribution in [2.24, 2.45) is 5.92 Å². The van der Waals surface area contributed by atoms with E-state index in [1.807, 2.05) is 24.3 Å². The molecule has 1 amide bonds. The van der Waals surface area contributed by atoms with Crippen molar-refractivity contribution in [1.82, 2.24) is 5.32 Å². The summed E-state index contributed by atoms with van der Waals surface area (Å²) >= 11 is 0. The maximum atomic E-state index is 11.5. The molecule has 1 aliphatic carbocycles. The molecule has 0 aromatic heterocycles. The van der Waals surface area contributed by atoms with Crippen LogP contribution in [0.4, 0.5) is 0 Å². The van der Waals surface area contributed by atoms with Gasteiger partial charge in [0, 0.05) is 11.5 Å². The van der Waals surface area contributed by atoms with E-state index >= 15 is 0 Å². The van der Waals surface area contributed by atoms with Crippen LogP contribution in [0.1, 0.15) is 24.8 Å². The van der Waals surface area contributed by atoms with Gasteiger partial charge in [-0.15, -0.1) is 0 Å². The zero-order valence-corrected chi connectivity index (χ0v) is 10.5. The first-order chi connectivity index (χ1) is 8.79. The molecule has 2 rings (SSSR count). The Labute approximate surface area is 108 Å². The summed E-state index contributed by atoms with van der Waals surface area (Å²) in [5.41, 5.74) is 0.925. The number of hydrogen-bond acceptors (Lipinski definition) is 2. The van der Waals surface area contributed by atoms with Crippen LogP contribution in [0.15, 0.2) is 24.3 Å². The maximum absolute atomic E-state index is 11.5. The summed E-state index contributed by atoms with van der Waals surface area (Å²) in [6, 6.07) is 7.55. The average Bonchev–Trinajstić information content (AvgIpc) is 2.33. The Bertz CT molecular complexity index is 464. The highest BCUT2D eigenvalue weighted by Crippen LogP contribution is 2.25. The van der Waals surface area contributed by atoms with E-state index in [9.17, 15) is 4.79 Å². The lowest BCUT2D eigenvalue weighted by Gasteiger charge is -2.23. The van der Waals surface area contributed by atoms with Gasteiger partial charge < -0.3 is 10.1 Å². The number of ether oxygens (including phenoxy) is 1. The van der Waals surface area contributed by atoms with Crippen molar-refractivity contribution in [2.75, 3.05) is 13.7 Å². The highest BCUT2D eigenvalue weighted by Gasteiger charge is 2.24. The first kappa shape index (κ1) is 12.5. The third kappa shape index (κ3) is 3.27. The zero-order valence-electron chi connectivity index (χ0n) is 10.5. The van der Waals surface area contributed by atoms with E-state index in [1.165, 1.54) is 6.42 Å². The van der Waals surface area contributed by atoms with Crippen LogP contribution in [0.2, 0.25) is 0 Å². The molecule has 0 spiro atoms. The van der Waals surface area contributed by atoms with Crippen molar-refractivity contribution in [3.8, 4) is 17.6 Å². The fourth-order valence-corrected chi connectivity index (χ4v) is 1.77. The molecule has 0 heterocycles. The first-order valence-electron chi connectivity index (χ1n) is 6.20. The third-order valence-electron chi connectivity index (χ3n) is 3.15. The molecular formula is C15H17NO2. The number of nitrogens with one attached hydrogen (secondary N) is 1. The predicted octanol–water partition coefficient (Wildman–Crippen LogP) is 1.96. The number of carbonyl (C=O) groups is 1. The van der Waals surface area contributed by atoms with E-state index in [2.05, 4.69) is 17.2 Å². The molecule has 1 aromatic carbocycles. The minimum absolute atomic E-state index is 0.144. The quantitative estimate of drug-likeness (QED) is 0.824. The third-order valence-corrected chi connectivity index (χ3v) is 3.15. The van der Waals surface area contributed by atoms with E-state index in [0.29, 0.717) is 6.54 Å². The summed E-state index contributed by atoms with van der Waals surface area (Å²) in [6.07, 6.45) is 3.23. The second-order valence-electron chi connectivity index (χ2n) is 4.38. The average molecular weight is 243 g/mol. The van der Waals surface area contributed by atoms with Crippen molar-refractivity contribution in [3.63, 3.8) is 0 Å². The van der Waals surface area contributed by atoms with Gasteiger partial charge in [0.1, 0.15) is 5.75 Å². The normalized spacial score (nSPS) is 14.1. The van der Waals surface area contributed by atoms with Gasteiger partial charge in [0.25, 0.3) is 0 Å². The van der Waals surface area contributed by atoms with Gasteiger partial charge in [-0.1, -0.05) is 18.3 Å². The van der Waals surface area contributed by atoms with Crippen molar-refractivity contribution >= 4 is 5.91 Å². The van der Waals surface area contributed by atoms with Crippen LogP contribution < -0.4 is 10.1 Å². The molecule has 0 atom stereocenters. The van der Waals surface area contributed by atoms with Crippen molar-refractivity contribution < 1.29 is 9.53 Å². The Morgan fingerprint density at radius 3 is 2.67 bits per heavy atom. The number of benzene rings is 1. The molecule has 1 N–H and O–H groups in total. The molecule has 0 saturated heterocycles. The lowest BCUT2D eigenvalue weighted by molar-refractivity contribution is -0.127. The molecule has 0 bridgehead atoms. The zero-order chi connectivity index (χ0) is 12.8. The smallest absolute Gasteiger partial charge is 0.223 e. The lowest BCUT2D eigenvalue weighted by Crippen LogP contribution is -2.34. The Balaban J connectivity index is 1.78. The molecule has 3 heteroatoms. The van der Waals surface area contributed by atoms with Crippen LogP contribution in [-0.2, 0) is 4.79 Å². The Kier molecular flexibility index (Phi) is 4.25. The number of hydrogen-bond donors (Lipinski definition) is 1. The monoisotopic (exact) mass is 243 g/mol. The van der Waals surface area contributed by atoms with E-state index in [0.717, 1.165) is 24.2 Å². The highest BCUT2D eigenvalue weighted by molar-refractivity contribution is 5.79. The molecule has 0 radical (unpaired) electrons. The fraction of sp³-hybridized carbons (Fsp3) is 0.400. The standard InChI is InChI=1S/C15H17NO2/c1-18-14-9-7-12(8-10-14)4-3-11-16-15(17)13-5-2-6-13/h7-10,13H,2,5-6,11H2,1H3,(H,16,17). The van der Waals surface area contributed by atoms with Crippen molar-refractivity contribution in [1.29, 1.82) is 0 Å². The highest BCUT2D eigenvalue weighted by atomic mass is 16.5. The van der Waals surface area contributed by atoms with E-state index in [-0.39, 0.29) is 11.8 Å². The molecule has 0 unspecified atom stereocenters. The van der Waals surface area contributed by atoms with E-state index in [1.54, 1.807) is 7.11 Å². The van der Waals surface area contributed by atoms with E-state index in [4.69, 9.17) is 4.74 Å². The van der Waals surface area contributed by atoms with Gasteiger partial charge in [0.05, 0.1) is 13.7 Å². The molecule has 1 fully saturated rings. The first-order valence-corrected chi connectivity index (χ1v) is 6.20. The lowest BCUT2D eigenvalue weighted by atomic mass is 9.85. The summed E-state index contributed by atoms with van der Waals surface area (Å²) < 4.78 is 5.07. The number of amides is 1. The summed E-state index contributed by atoms with van der Waals surface area (Å²) in [6.45, 7) is 0.418. The maximum Gasteiger partial charge on any atom is 0.223 e. The summed E-state index contributed by atoms with van der Waals surface area (Å²) in [5, 5.41) is 2.84. The van der Waals surface area contributed by atoms with Crippen LogP contribution in [0.3, 0.4) is 0 Å². The Morgan fingerprint density at radius 2 is 2.11 bits per heavy atom. The molecular weight excluding hydrogens is 226 g/mol. The van der Waals surface area contributed by atoms with Crippen LogP contribution in [-0.4, -0.2) is 19.6 Å². The SMILES string of the molecule is COc1ccc(C#CCNC(=O)C2CCC2)cc1. The van der Waals surface area contributed by atoms with Crippen LogP contribution in [0, 0.1) is 17.8 Å². The Morgan fingerprint density at radius 1 is 1.39 bits per heavy atom. The molecule has 0 aliphatic heterocycles. The van der Waals surface area contributed by atoms with Gasteiger partial charge in [0.15, 0.2) is 0 Å². The van der Waals surface area contributed by atoms with Gasteiger partial charge in [-0.05, 0) is 37.1 Å². The van der Waals surface area contributed by atoms with Crippen LogP contribution >= 0.6 is 0 Å². The molecule has 3 nitrogen and oxygen atoms in total.